The third-order valence-corrected chi connectivity index (χ3v) is 7.82. The van der Waals surface area contributed by atoms with Crippen LogP contribution in [0.2, 0.25) is 0 Å². The summed E-state index contributed by atoms with van der Waals surface area (Å²) in [5.41, 5.74) is -0.406. The largest absolute Gasteiger partial charge is 0.446 e. The molecule has 5 rings (SSSR count). The van der Waals surface area contributed by atoms with Gasteiger partial charge in [0.15, 0.2) is 26.3 Å². The highest BCUT2D eigenvalue weighted by Crippen LogP contribution is 2.34. The molecular weight excluding hydrogens is 501 g/mol. The number of nitrogens with one attached hydrogen (secondary N) is 1. The zero-order valence-electron chi connectivity index (χ0n) is 19.2. The summed E-state index contributed by atoms with van der Waals surface area (Å²) in [5, 5.41) is 2.44. The fourth-order valence-electron chi connectivity index (χ4n) is 3.91. The SMILES string of the molecule is CCS(=O)(=O)c1c(-c2nc3cc(C(F)(F)F)cnc3n2C)nc2cc(NC(=O)OC3CCC3)ccn12. The van der Waals surface area contributed by atoms with Crippen LogP contribution in [0.25, 0.3) is 28.3 Å². The van der Waals surface area contributed by atoms with Crippen LogP contribution >= 0.6 is 0 Å². The summed E-state index contributed by atoms with van der Waals surface area (Å²) < 4.78 is 73.6. The average Bonchev–Trinajstić information content (AvgIpc) is 3.33. The zero-order valence-corrected chi connectivity index (χ0v) is 20.0. The maximum Gasteiger partial charge on any atom is 0.417 e. The fraction of sp³-hybridized carbons (Fsp3) is 0.364. The predicted molar refractivity (Wildman–Crippen MR) is 123 cm³/mol. The summed E-state index contributed by atoms with van der Waals surface area (Å²) in [6.45, 7) is 1.47. The number of fused-ring (bicyclic) bond motifs is 2. The highest BCUT2D eigenvalue weighted by Gasteiger charge is 2.33. The maximum absolute atomic E-state index is 13.2. The predicted octanol–water partition coefficient (Wildman–Crippen LogP) is 4.20. The van der Waals surface area contributed by atoms with Crippen LogP contribution in [0, 0.1) is 0 Å². The molecule has 0 bridgehead atoms. The molecule has 14 heteroatoms. The minimum absolute atomic E-state index is 0.0338. The number of sulfone groups is 1. The Morgan fingerprint density at radius 3 is 2.64 bits per heavy atom. The molecule has 4 heterocycles. The maximum atomic E-state index is 13.2. The smallest absolute Gasteiger partial charge is 0.417 e. The number of carbonyl (C=O) groups is 1. The third kappa shape index (κ3) is 4.14. The van der Waals surface area contributed by atoms with Crippen molar-refractivity contribution in [1.29, 1.82) is 0 Å². The summed E-state index contributed by atoms with van der Waals surface area (Å²) in [4.78, 5) is 24.7. The highest BCUT2D eigenvalue weighted by atomic mass is 32.2. The first-order chi connectivity index (χ1) is 17.0. The van der Waals surface area contributed by atoms with Crippen LogP contribution in [0.3, 0.4) is 0 Å². The van der Waals surface area contributed by atoms with E-state index in [0.717, 1.165) is 25.3 Å². The summed E-state index contributed by atoms with van der Waals surface area (Å²) in [5.74, 6) is -0.214. The van der Waals surface area contributed by atoms with Crippen LogP contribution in [0.4, 0.5) is 23.7 Å². The van der Waals surface area contributed by atoms with Crippen molar-refractivity contribution < 1.29 is 31.1 Å². The Kier molecular flexibility index (Phi) is 5.65. The van der Waals surface area contributed by atoms with Crippen LogP contribution in [0.15, 0.2) is 35.6 Å². The van der Waals surface area contributed by atoms with Crippen molar-refractivity contribution in [3.05, 3.63) is 36.2 Å². The Hall–Kier alpha value is -3.68. The van der Waals surface area contributed by atoms with Crippen molar-refractivity contribution in [1.82, 2.24) is 23.9 Å². The number of rotatable bonds is 5. The van der Waals surface area contributed by atoms with Gasteiger partial charge in [0.2, 0.25) is 0 Å². The molecule has 1 N–H and O–H groups in total. The van der Waals surface area contributed by atoms with Gasteiger partial charge in [-0.25, -0.2) is 28.2 Å². The summed E-state index contributed by atoms with van der Waals surface area (Å²) in [6.07, 6.45) is -0.585. The van der Waals surface area contributed by atoms with Gasteiger partial charge in [-0.3, -0.25) is 9.72 Å². The molecule has 4 aromatic rings. The van der Waals surface area contributed by atoms with Gasteiger partial charge in [-0.1, -0.05) is 6.92 Å². The van der Waals surface area contributed by atoms with Gasteiger partial charge in [-0.15, -0.1) is 0 Å². The van der Waals surface area contributed by atoms with E-state index in [4.69, 9.17) is 4.74 Å². The second-order valence-corrected chi connectivity index (χ2v) is 10.6. The van der Waals surface area contributed by atoms with Gasteiger partial charge in [0.05, 0.1) is 11.3 Å². The van der Waals surface area contributed by atoms with Gasteiger partial charge in [-0.2, -0.15) is 13.2 Å². The zero-order chi connectivity index (χ0) is 25.8. The van der Waals surface area contributed by atoms with Crippen LogP contribution in [0.5, 0.6) is 0 Å². The second kappa shape index (κ2) is 8.47. The van der Waals surface area contributed by atoms with Gasteiger partial charge in [0.1, 0.15) is 23.0 Å². The molecule has 1 fully saturated rings. The van der Waals surface area contributed by atoms with Crippen LogP contribution in [-0.2, 0) is 27.8 Å². The van der Waals surface area contributed by atoms with Gasteiger partial charge in [-0.05, 0) is 31.4 Å². The van der Waals surface area contributed by atoms with Crippen molar-refractivity contribution in [2.75, 3.05) is 11.1 Å². The van der Waals surface area contributed by atoms with Gasteiger partial charge < -0.3 is 9.30 Å². The van der Waals surface area contributed by atoms with Crippen LogP contribution in [-0.4, -0.2) is 50.3 Å². The van der Waals surface area contributed by atoms with E-state index >= 15 is 0 Å². The topological polar surface area (TPSA) is 120 Å². The van der Waals surface area contributed by atoms with Gasteiger partial charge >= 0.3 is 12.3 Å². The van der Waals surface area contributed by atoms with E-state index in [9.17, 15) is 26.4 Å². The van der Waals surface area contributed by atoms with E-state index in [0.29, 0.717) is 11.9 Å². The van der Waals surface area contributed by atoms with E-state index < -0.39 is 27.7 Å². The first-order valence-electron chi connectivity index (χ1n) is 11.1. The number of alkyl halides is 3. The lowest BCUT2D eigenvalue weighted by molar-refractivity contribution is -0.137. The minimum atomic E-state index is -4.61. The Morgan fingerprint density at radius 2 is 2.00 bits per heavy atom. The molecular formula is C22H21F3N6O4S. The number of amides is 1. The van der Waals surface area contributed by atoms with Crippen molar-refractivity contribution >= 4 is 38.4 Å². The van der Waals surface area contributed by atoms with Crippen molar-refractivity contribution in [2.24, 2.45) is 7.05 Å². The summed E-state index contributed by atoms with van der Waals surface area (Å²) in [6, 6.07) is 3.83. The number of aryl methyl sites for hydroxylation is 1. The number of hydrogen-bond donors (Lipinski definition) is 1. The normalized spacial score (nSPS) is 14.8. The molecule has 0 aromatic carbocycles. The molecule has 1 aliphatic rings. The summed E-state index contributed by atoms with van der Waals surface area (Å²) in [7, 11) is -2.34. The standard InChI is InChI=1S/C22H21F3N6O4S/c1-3-36(33,34)20-17(19-28-15-9-12(22(23,24)25)11-26-18(15)30(19)2)29-16-10-13(7-8-31(16)20)27-21(32)35-14-5-4-6-14/h7-11,14H,3-6H2,1-2H3,(H,27,32). The number of halogens is 3. The molecule has 4 aromatic heterocycles. The number of imidazole rings is 2. The van der Waals surface area contributed by atoms with Crippen LogP contribution in [0.1, 0.15) is 31.7 Å². The van der Waals surface area contributed by atoms with E-state index in [2.05, 4.69) is 20.3 Å². The molecule has 0 aliphatic heterocycles. The molecule has 36 heavy (non-hydrogen) atoms. The van der Waals surface area contributed by atoms with Crippen molar-refractivity contribution in [3.8, 4) is 11.5 Å². The molecule has 10 nitrogen and oxygen atoms in total. The molecule has 190 valence electrons. The molecule has 1 amide bonds. The second-order valence-electron chi connectivity index (χ2n) is 8.45. The Bertz CT molecular complexity index is 1610. The number of anilines is 1. The van der Waals surface area contributed by atoms with E-state index in [1.165, 1.54) is 41.3 Å². The highest BCUT2D eigenvalue weighted by molar-refractivity contribution is 7.91. The molecule has 0 spiro atoms. The first-order valence-corrected chi connectivity index (χ1v) is 12.8. The Balaban J connectivity index is 1.62. The number of carbonyl (C=O) groups excluding carboxylic acids is 1. The molecule has 0 atom stereocenters. The average molecular weight is 523 g/mol. The van der Waals surface area contributed by atoms with Gasteiger partial charge in [0, 0.05) is 31.2 Å². The number of hydrogen-bond acceptors (Lipinski definition) is 7. The number of ether oxygens (including phenoxy) is 1. The lowest BCUT2D eigenvalue weighted by Crippen LogP contribution is -2.27. The monoisotopic (exact) mass is 522 g/mol. The molecule has 0 unspecified atom stereocenters. The quantitative estimate of drug-likeness (QED) is 0.417. The molecule has 1 saturated carbocycles. The van der Waals surface area contributed by atoms with Crippen molar-refractivity contribution in [3.63, 3.8) is 0 Å². The lowest BCUT2D eigenvalue weighted by Gasteiger charge is -2.25. The van der Waals surface area contributed by atoms with E-state index in [-0.39, 0.29) is 45.2 Å². The molecule has 1 aliphatic carbocycles. The molecule has 0 radical (unpaired) electrons. The fourth-order valence-corrected chi connectivity index (χ4v) is 5.07. The molecule has 0 saturated heterocycles. The van der Waals surface area contributed by atoms with E-state index in [1.807, 2.05) is 0 Å². The minimum Gasteiger partial charge on any atom is -0.446 e. The Morgan fingerprint density at radius 1 is 1.25 bits per heavy atom. The Labute approximate surface area is 203 Å². The van der Waals surface area contributed by atoms with Crippen molar-refractivity contribution in [2.45, 2.75) is 43.5 Å². The first kappa shape index (κ1) is 24.0. The van der Waals surface area contributed by atoms with E-state index in [1.54, 1.807) is 0 Å². The lowest BCUT2D eigenvalue weighted by atomic mass is 9.96. The third-order valence-electron chi connectivity index (χ3n) is 6.08. The number of nitrogens with zero attached hydrogens (tertiary/aromatic N) is 5. The summed E-state index contributed by atoms with van der Waals surface area (Å²) >= 11 is 0. The van der Waals surface area contributed by atoms with Crippen LogP contribution < -0.4 is 5.32 Å². The number of pyridine rings is 2. The number of aromatic nitrogens is 5. The van der Waals surface area contributed by atoms with Gasteiger partial charge in [0.25, 0.3) is 0 Å².